The molecule has 2 amide bonds. The van der Waals surface area contributed by atoms with Crippen molar-refractivity contribution in [2.75, 3.05) is 12.4 Å². The van der Waals surface area contributed by atoms with Crippen molar-refractivity contribution >= 4 is 39.6 Å². The van der Waals surface area contributed by atoms with Crippen LogP contribution in [0.4, 0.5) is 16.2 Å². The molecular weight excluding hydrogens is 492 g/mol. The zero-order chi connectivity index (χ0) is 23.8. The number of hydrazone groups is 1. The van der Waals surface area contributed by atoms with Gasteiger partial charge in [-0.05, 0) is 69.9 Å². The van der Waals surface area contributed by atoms with Crippen molar-refractivity contribution in [3.8, 4) is 11.5 Å². The maximum absolute atomic E-state index is 12.1. The lowest BCUT2D eigenvalue weighted by atomic mass is 10.2. The minimum atomic E-state index is -0.463. The Hall–Kier alpha value is -3.92. The normalized spacial score (nSPS) is 10.6. The van der Waals surface area contributed by atoms with Gasteiger partial charge in [0.2, 0.25) is 0 Å². The molecule has 0 aliphatic rings. The number of hydrogen-bond donors (Lipinski definition) is 2. The third-order valence-corrected chi connectivity index (χ3v) is 5.14. The van der Waals surface area contributed by atoms with Crippen LogP contribution in [-0.4, -0.2) is 24.3 Å². The summed E-state index contributed by atoms with van der Waals surface area (Å²) in [5.41, 5.74) is 5.51. The number of non-ortho nitro benzene ring substituents is 1. The fourth-order valence-electron chi connectivity index (χ4n) is 2.85. The van der Waals surface area contributed by atoms with Crippen LogP contribution in [0.5, 0.6) is 11.5 Å². The summed E-state index contributed by atoms with van der Waals surface area (Å²) in [6.07, 6.45) is 1.48. The first-order valence-corrected chi connectivity index (χ1v) is 10.6. The molecule has 0 fully saturated rings. The van der Waals surface area contributed by atoms with Gasteiger partial charge < -0.3 is 14.8 Å². The van der Waals surface area contributed by atoms with Crippen LogP contribution < -0.4 is 20.2 Å². The highest BCUT2D eigenvalue weighted by atomic mass is 79.9. The second-order valence-electron chi connectivity index (χ2n) is 6.89. The fraction of sp³-hybridized carbons (Fsp3) is 0.130. The van der Waals surface area contributed by atoms with Gasteiger partial charge in [0.25, 0.3) is 5.69 Å². The van der Waals surface area contributed by atoms with Crippen molar-refractivity contribution in [2.24, 2.45) is 5.10 Å². The highest BCUT2D eigenvalue weighted by Crippen LogP contribution is 2.37. The van der Waals surface area contributed by atoms with Crippen LogP contribution in [0, 0.1) is 17.0 Å². The van der Waals surface area contributed by atoms with Crippen LogP contribution in [-0.2, 0) is 6.61 Å². The zero-order valence-electron chi connectivity index (χ0n) is 17.9. The quantitative estimate of drug-likeness (QED) is 0.238. The number of nitro benzene ring substituents is 1. The topological polar surface area (TPSA) is 115 Å². The van der Waals surface area contributed by atoms with Gasteiger partial charge >= 0.3 is 6.03 Å². The Morgan fingerprint density at radius 3 is 2.58 bits per heavy atom. The summed E-state index contributed by atoms with van der Waals surface area (Å²) < 4.78 is 11.9. The molecule has 0 aromatic heterocycles. The molecule has 0 radical (unpaired) electrons. The molecule has 0 spiro atoms. The summed E-state index contributed by atoms with van der Waals surface area (Å²) in [7, 11) is 1.51. The van der Waals surface area contributed by atoms with E-state index in [1.165, 1.54) is 25.5 Å². The molecule has 0 saturated heterocycles. The van der Waals surface area contributed by atoms with E-state index in [-0.39, 0.29) is 12.3 Å². The number of nitro groups is 1. The molecule has 0 heterocycles. The van der Waals surface area contributed by atoms with Crippen LogP contribution in [0.1, 0.15) is 16.7 Å². The number of rotatable bonds is 8. The lowest BCUT2D eigenvalue weighted by Gasteiger charge is -2.13. The molecule has 2 N–H and O–H groups in total. The fourth-order valence-corrected chi connectivity index (χ4v) is 3.43. The number of nitrogens with one attached hydrogen (secondary N) is 2. The summed E-state index contributed by atoms with van der Waals surface area (Å²) >= 11 is 3.46. The van der Waals surface area contributed by atoms with Crippen LogP contribution >= 0.6 is 15.9 Å². The Kier molecular flexibility index (Phi) is 7.98. The van der Waals surface area contributed by atoms with Crippen LogP contribution in [0.25, 0.3) is 0 Å². The lowest BCUT2D eigenvalue weighted by Crippen LogP contribution is -2.24. The Morgan fingerprint density at radius 1 is 1.18 bits per heavy atom. The highest BCUT2D eigenvalue weighted by Gasteiger charge is 2.12. The summed E-state index contributed by atoms with van der Waals surface area (Å²) in [6.45, 7) is 2.09. The molecule has 3 rings (SSSR count). The van der Waals surface area contributed by atoms with Gasteiger partial charge in [0.05, 0.1) is 22.7 Å². The average molecular weight is 513 g/mol. The molecule has 0 bridgehead atoms. The Labute approximate surface area is 198 Å². The van der Waals surface area contributed by atoms with Gasteiger partial charge in [-0.1, -0.05) is 18.2 Å². The summed E-state index contributed by atoms with van der Waals surface area (Å²) in [4.78, 5) is 22.4. The Morgan fingerprint density at radius 2 is 1.91 bits per heavy atom. The number of amides is 2. The van der Waals surface area contributed by atoms with E-state index in [1.807, 2.05) is 25.1 Å². The molecule has 0 atom stereocenters. The number of hydrogen-bond acceptors (Lipinski definition) is 6. The van der Waals surface area contributed by atoms with Crippen molar-refractivity contribution in [1.82, 2.24) is 5.43 Å². The van der Waals surface area contributed by atoms with Gasteiger partial charge in [-0.3, -0.25) is 10.1 Å². The van der Waals surface area contributed by atoms with Crippen LogP contribution in [0.15, 0.2) is 70.2 Å². The first kappa shape index (κ1) is 23.7. The molecular formula is C23H21BrN4O5. The standard InChI is InChI=1S/C23H21BrN4O5/c1-15-5-3-4-6-20(15)26-23(29)27-25-13-17-11-19(24)22(21(12-17)32-2)33-14-16-7-9-18(10-8-16)28(30)31/h3-13H,14H2,1-2H3,(H2,26,27,29). The summed E-state index contributed by atoms with van der Waals surface area (Å²) in [5, 5.41) is 17.5. The molecule has 33 heavy (non-hydrogen) atoms. The minimum Gasteiger partial charge on any atom is -0.493 e. The number of anilines is 1. The SMILES string of the molecule is COc1cc(C=NNC(=O)Nc2ccccc2C)cc(Br)c1OCc1ccc([N+](=O)[O-])cc1. The van der Waals surface area contributed by atoms with Gasteiger partial charge in [-0.2, -0.15) is 5.10 Å². The van der Waals surface area contributed by atoms with Crippen molar-refractivity contribution in [3.05, 3.63) is 91.9 Å². The van der Waals surface area contributed by atoms with Crippen molar-refractivity contribution in [3.63, 3.8) is 0 Å². The number of halogens is 1. The number of carbonyl (C=O) groups excluding carboxylic acids is 1. The number of ether oxygens (including phenoxy) is 2. The number of nitrogens with zero attached hydrogens (tertiary/aromatic N) is 2. The van der Waals surface area contributed by atoms with E-state index in [2.05, 4.69) is 31.8 Å². The molecule has 3 aromatic carbocycles. The first-order chi connectivity index (χ1) is 15.9. The van der Waals surface area contributed by atoms with E-state index in [9.17, 15) is 14.9 Å². The molecule has 0 aliphatic heterocycles. The van der Waals surface area contributed by atoms with Crippen LogP contribution in [0.3, 0.4) is 0 Å². The summed E-state index contributed by atoms with van der Waals surface area (Å²) in [6, 6.07) is 16.5. The highest BCUT2D eigenvalue weighted by molar-refractivity contribution is 9.10. The number of carbonyl (C=O) groups is 1. The second-order valence-corrected chi connectivity index (χ2v) is 7.74. The lowest BCUT2D eigenvalue weighted by molar-refractivity contribution is -0.384. The second kappa shape index (κ2) is 11.1. The van der Waals surface area contributed by atoms with E-state index >= 15 is 0 Å². The van der Waals surface area contributed by atoms with Gasteiger partial charge in [0.1, 0.15) is 6.61 Å². The van der Waals surface area contributed by atoms with Gasteiger partial charge in [-0.25, -0.2) is 10.2 Å². The van der Waals surface area contributed by atoms with Crippen molar-refractivity contribution in [2.45, 2.75) is 13.5 Å². The predicted octanol–water partition coefficient (Wildman–Crippen LogP) is 5.41. The predicted molar refractivity (Wildman–Crippen MR) is 129 cm³/mol. The minimum absolute atomic E-state index is 0.0161. The molecule has 170 valence electrons. The Balaban J connectivity index is 1.63. The van der Waals surface area contributed by atoms with E-state index in [0.29, 0.717) is 27.2 Å². The number of aryl methyl sites for hydroxylation is 1. The zero-order valence-corrected chi connectivity index (χ0v) is 19.5. The molecule has 3 aromatic rings. The maximum atomic E-state index is 12.1. The van der Waals surface area contributed by atoms with Crippen LogP contribution in [0.2, 0.25) is 0 Å². The van der Waals surface area contributed by atoms with E-state index < -0.39 is 11.0 Å². The number of methoxy groups -OCH3 is 1. The molecule has 0 saturated carbocycles. The smallest absolute Gasteiger partial charge is 0.339 e. The van der Waals surface area contributed by atoms with E-state index in [1.54, 1.807) is 30.3 Å². The number of urea groups is 1. The molecule has 9 nitrogen and oxygen atoms in total. The third kappa shape index (κ3) is 6.53. The van der Waals surface area contributed by atoms with Crippen molar-refractivity contribution in [1.29, 1.82) is 0 Å². The van der Waals surface area contributed by atoms with Gasteiger partial charge in [-0.15, -0.1) is 0 Å². The first-order valence-electron chi connectivity index (χ1n) is 9.76. The number of benzene rings is 3. The molecule has 0 unspecified atom stereocenters. The summed E-state index contributed by atoms with van der Waals surface area (Å²) in [5.74, 6) is 0.926. The van der Waals surface area contributed by atoms with E-state index in [4.69, 9.17) is 9.47 Å². The Bertz CT molecular complexity index is 1180. The largest absolute Gasteiger partial charge is 0.493 e. The number of para-hydroxylation sites is 1. The average Bonchev–Trinajstić information content (AvgIpc) is 2.80. The van der Waals surface area contributed by atoms with Gasteiger partial charge in [0.15, 0.2) is 11.5 Å². The monoisotopic (exact) mass is 512 g/mol. The third-order valence-electron chi connectivity index (χ3n) is 4.56. The van der Waals surface area contributed by atoms with Gasteiger partial charge in [0, 0.05) is 17.8 Å². The molecule has 10 heteroatoms. The van der Waals surface area contributed by atoms with E-state index in [0.717, 1.165) is 11.1 Å². The van der Waals surface area contributed by atoms with Crippen molar-refractivity contribution < 1.29 is 19.2 Å². The maximum Gasteiger partial charge on any atom is 0.339 e. The molecule has 0 aliphatic carbocycles.